The minimum Gasteiger partial charge on any atom is -0.465 e. The molecule has 1 aliphatic rings. The number of nitrogens with zero attached hydrogens (tertiary/aromatic N) is 1. The maximum absolute atomic E-state index is 12.1. The zero-order valence-corrected chi connectivity index (χ0v) is 17.5. The van der Waals surface area contributed by atoms with Gasteiger partial charge in [0.05, 0.1) is 12.1 Å². The second-order valence-corrected chi connectivity index (χ2v) is 8.85. The number of carboxylic acid groups (broad SMARTS) is 1. The molecule has 1 amide bonds. The van der Waals surface area contributed by atoms with Crippen LogP contribution in [-0.2, 0) is 12.8 Å². The highest BCUT2D eigenvalue weighted by atomic mass is 16.4. The average molecular weight is 397 g/mol. The van der Waals surface area contributed by atoms with Crippen molar-refractivity contribution in [1.82, 2.24) is 10.2 Å². The van der Waals surface area contributed by atoms with E-state index in [1.54, 1.807) is 0 Å². The van der Waals surface area contributed by atoms with Crippen molar-refractivity contribution < 1.29 is 15.0 Å². The maximum Gasteiger partial charge on any atom is 0.408 e. The lowest BCUT2D eigenvalue weighted by atomic mass is 9.94. The highest BCUT2D eigenvalue weighted by Crippen LogP contribution is 2.31. The molecule has 0 saturated heterocycles. The Labute approximate surface area is 173 Å². The van der Waals surface area contributed by atoms with E-state index in [9.17, 15) is 15.0 Å². The molecule has 0 fully saturated rings. The monoisotopic (exact) mass is 396 g/mol. The number of benzene rings is 2. The number of rotatable bonds is 7. The normalized spacial score (nSPS) is 18.1. The number of amides is 1. The average Bonchev–Trinajstić information content (AvgIpc) is 3.08. The summed E-state index contributed by atoms with van der Waals surface area (Å²) in [6, 6.07) is 17.8. The smallest absolute Gasteiger partial charge is 0.408 e. The van der Waals surface area contributed by atoms with Gasteiger partial charge in [-0.2, -0.15) is 0 Å². The quantitative estimate of drug-likeness (QED) is 0.661. The van der Waals surface area contributed by atoms with E-state index in [0.29, 0.717) is 13.0 Å². The van der Waals surface area contributed by atoms with Crippen LogP contribution in [0.25, 0.3) is 0 Å². The standard InChI is InChI=1S/C24H32N2O3/c1-24(2,3)26(23(28)29)21(15-17-9-5-4-6-10-17)22(27)16-25-20-14-13-18-11-7-8-12-19(18)20/h4-12,20-22,25,27H,13-16H2,1-3H3,(H,28,29)/t20-,21+,22-/m1/s1. The summed E-state index contributed by atoms with van der Waals surface area (Å²) in [4.78, 5) is 13.5. The first-order chi connectivity index (χ1) is 13.8. The Kier molecular flexibility index (Phi) is 6.60. The minimum atomic E-state index is -1.01. The summed E-state index contributed by atoms with van der Waals surface area (Å²) in [5.74, 6) is 0. The minimum absolute atomic E-state index is 0.200. The third-order valence-corrected chi connectivity index (χ3v) is 5.70. The molecule has 0 spiro atoms. The van der Waals surface area contributed by atoms with Crippen LogP contribution in [0.5, 0.6) is 0 Å². The molecule has 0 aromatic heterocycles. The summed E-state index contributed by atoms with van der Waals surface area (Å²) in [6.45, 7) is 5.95. The number of aryl methyl sites for hydroxylation is 1. The number of carbonyl (C=O) groups is 1. The largest absolute Gasteiger partial charge is 0.465 e. The molecule has 3 rings (SSSR count). The number of fused-ring (bicyclic) bond motifs is 1. The van der Waals surface area contributed by atoms with E-state index >= 15 is 0 Å². The lowest BCUT2D eigenvalue weighted by Crippen LogP contribution is -2.58. The molecule has 0 bridgehead atoms. The highest BCUT2D eigenvalue weighted by Gasteiger charge is 2.37. The zero-order chi connectivity index (χ0) is 21.0. The molecular weight excluding hydrogens is 364 g/mol. The van der Waals surface area contributed by atoms with E-state index in [2.05, 4.69) is 23.5 Å². The van der Waals surface area contributed by atoms with E-state index in [0.717, 1.165) is 18.4 Å². The first-order valence-corrected chi connectivity index (χ1v) is 10.3. The zero-order valence-electron chi connectivity index (χ0n) is 17.5. The molecule has 0 saturated carbocycles. The fourth-order valence-corrected chi connectivity index (χ4v) is 4.35. The Morgan fingerprint density at radius 3 is 2.45 bits per heavy atom. The molecule has 156 valence electrons. The van der Waals surface area contributed by atoms with Gasteiger partial charge in [-0.15, -0.1) is 0 Å². The Morgan fingerprint density at radius 1 is 1.14 bits per heavy atom. The van der Waals surface area contributed by atoms with Crippen LogP contribution in [0, 0.1) is 0 Å². The number of hydrogen-bond donors (Lipinski definition) is 3. The molecule has 0 aliphatic heterocycles. The topological polar surface area (TPSA) is 72.8 Å². The SMILES string of the molecule is CC(C)(C)N(C(=O)O)[C@@H](Cc1ccccc1)[C@H](O)CN[C@@H]1CCc2ccccc21. The predicted octanol–water partition coefficient (Wildman–Crippen LogP) is 4.01. The molecular formula is C24H32N2O3. The van der Waals surface area contributed by atoms with Crippen molar-refractivity contribution in [2.24, 2.45) is 0 Å². The summed E-state index contributed by atoms with van der Waals surface area (Å²) in [5, 5.41) is 24.5. The summed E-state index contributed by atoms with van der Waals surface area (Å²) < 4.78 is 0. The molecule has 5 nitrogen and oxygen atoms in total. The number of nitrogens with one attached hydrogen (secondary N) is 1. The van der Waals surface area contributed by atoms with Crippen LogP contribution < -0.4 is 5.32 Å². The van der Waals surface area contributed by atoms with Crippen molar-refractivity contribution in [3.8, 4) is 0 Å². The molecule has 3 atom stereocenters. The molecule has 1 aliphatic carbocycles. The Bertz CT molecular complexity index is 816. The first kappa shape index (κ1) is 21.3. The van der Waals surface area contributed by atoms with Crippen LogP contribution in [0.1, 0.15) is 49.9 Å². The molecule has 2 aromatic carbocycles. The van der Waals surface area contributed by atoms with Gasteiger partial charge < -0.3 is 15.5 Å². The molecule has 0 unspecified atom stereocenters. The summed E-state index contributed by atoms with van der Waals surface area (Å²) in [6.07, 6.45) is 0.661. The van der Waals surface area contributed by atoms with Crippen LogP contribution >= 0.6 is 0 Å². The lowest BCUT2D eigenvalue weighted by Gasteiger charge is -2.42. The molecule has 29 heavy (non-hydrogen) atoms. The van der Waals surface area contributed by atoms with Gasteiger partial charge in [-0.05, 0) is 56.7 Å². The van der Waals surface area contributed by atoms with E-state index < -0.39 is 23.8 Å². The molecule has 3 N–H and O–H groups in total. The Morgan fingerprint density at radius 2 is 1.79 bits per heavy atom. The number of aliphatic hydroxyl groups is 1. The third-order valence-electron chi connectivity index (χ3n) is 5.70. The highest BCUT2D eigenvalue weighted by molar-refractivity contribution is 5.66. The van der Waals surface area contributed by atoms with Crippen LogP contribution in [0.15, 0.2) is 54.6 Å². The van der Waals surface area contributed by atoms with Gasteiger partial charge in [0.25, 0.3) is 0 Å². The van der Waals surface area contributed by atoms with E-state index in [4.69, 9.17) is 0 Å². The van der Waals surface area contributed by atoms with Crippen LogP contribution in [0.4, 0.5) is 4.79 Å². The van der Waals surface area contributed by atoms with Gasteiger partial charge in [-0.1, -0.05) is 54.6 Å². The van der Waals surface area contributed by atoms with Gasteiger partial charge in [0.2, 0.25) is 0 Å². The molecule has 5 heteroatoms. The molecule has 0 radical (unpaired) electrons. The van der Waals surface area contributed by atoms with Crippen molar-refractivity contribution in [3.05, 3.63) is 71.3 Å². The Balaban J connectivity index is 1.77. The van der Waals surface area contributed by atoms with Gasteiger partial charge in [0.15, 0.2) is 0 Å². The van der Waals surface area contributed by atoms with Gasteiger partial charge >= 0.3 is 6.09 Å². The molecule has 2 aromatic rings. The fourth-order valence-electron chi connectivity index (χ4n) is 4.35. The van der Waals surface area contributed by atoms with E-state index in [1.165, 1.54) is 16.0 Å². The summed E-state index contributed by atoms with van der Waals surface area (Å²) >= 11 is 0. The first-order valence-electron chi connectivity index (χ1n) is 10.3. The molecule has 0 heterocycles. The van der Waals surface area contributed by atoms with Crippen LogP contribution in [-0.4, -0.2) is 45.4 Å². The van der Waals surface area contributed by atoms with Gasteiger partial charge in [-0.3, -0.25) is 4.90 Å². The summed E-state index contributed by atoms with van der Waals surface area (Å²) in [7, 11) is 0. The summed E-state index contributed by atoms with van der Waals surface area (Å²) in [5.41, 5.74) is 3.03. The van der Waals surface area contributed by atoms with E-state index in [-0.39, 0.29) is 6.04 Å². The van der Waals surface area contributed by atoms with Crippen LogP contribution in [0.2, 0.25) is 0 Å². The van der Waals surface area contributed by atoms with Gasteiger partial charge in [-0.25, -0.2) is 4.79 Å². The second-order valence-electron chi connectivity index (χ2n) is 8.85. The van der Waals surface area contributed by atoms with Gasteiger partial charge in [0, 0.05) is 18.1 Å². The Hall–Kier alpha value is -2.37. The fraction of sp³-hybridized carbons (Fsp3) is 0.458. The van der Waals surface area contributed by atoms with Crippen molar-refractivity contribution in [2.45, 2.75) is 63.8 Å². The number of hydrogen-bond acceptors (Lipinski definition) is 3. The lowest BCUT2D eigenvalue weighted by molar-refractivity contribution is 0.00687. The van der Waals surface area contributed by atoms with Gasteiger partial charge in [0.1, 0.15) is 0 Å². The van der Waals surface area contributed by atoms with Crippen molar-refractivity contribution >= 4 is 6.09 Å². The number of aliphatic hydroxyl groups excluding tert-OH is 1. The van der Waals surface area contributed by atoms with Crippen LogP contribution in [0.3, 0.4) is 0 Å². The third kappa shape index (κ3) is 5.17. The maximum atomic E-state index is 12.1. The predicted molar refractivity (Wildman–Crippen MR) is 115 cm³/mol. The van der Waals surface area contributed by atoms with Crippen molar-refractivity contribution in [3.63, 3.8) is 0 Å². The van der Waals surface area contributed by atoms with E-state index in [1.807, 2.05) is 57.2 Å². The van der Waals surface area contributed by atoms with Crippen molar-refractivity contribution in [2.75, 3.05) is 6.54 Å². The van der Waals surface area contributed by atoms with Crippen molar-refractivity contribution in [1.29, 1.82) is 0 Å². The second kappa shape index (κ2) is 8.97.